The van der Waals surface area contributed by atoms with Crippen molar-refractivity contribution in [1.29, 1.82) is 0 Å². The molecule has 1 saturated heterocycles. The number of fused-ring (bicyclic) bond motifs is 4. The molecule has 0 amide bonds. The fourth-order valence-electron chi connectivity index (χ4n) is 5.12. The van der Waals surface area contributed by atoms with E-state index in [4.69, 9.17) is 21.1 Å². The van der Waals surface area contributed by atoms with Crippen molar-refractivity contribution in [3.8, 4) is 0 Å². The Morgan fingerprint density at radius 1 is 1.40 bits per heavy atom. The SMILES string of the molecule is C=C1C[C@@H]2[C@@H](n3ccc4c(Cl)ncnc43)[C@@H]3OC(C)(C)O[C@@H]3[C@]12CO. The van der Waals surface area contributed by atoms with Gasteiger partial charge in [0.1, 0.15) is 29.3 Å². The van der Waals surface area contributed by atoms with Crippen molar-refractivity contribution < 1.29 is 14.6 Å². The molecule has 7 heteroatoms. The summed E-state index contributed by atoms with van der Waals surface area (Å²) >= 11 is 6.22. The maximum atomic E-state index is 10.3. The quantitative estimate of drug-likeness (QED) is 0.658. The van der Waals surface area contributed by atoms with Crippen LogP contribution < -0.4 is 0 Å². The Kier molecular flexibility index (Phi) is 3.04. The fourth-order valence-corrected chi connectivity index (χ4v) is 5.32. The van der Waals surface area contributed by atoms with Gasteiger partial charge in [0.25, 0.3) is 0 Å². The lowest BCUT2D eigenvalue weighted by Crippen LogP contribution is -2.51. The zero-order chi connectivity index (χ0) is 17.6. The van der Waals surface area contributed by atoms with Crippen molar-refractivity contribution in [2.75, 3.05) is 6.61 Å². The second-order valence-corrected chi connectivity index (χ2v) is 8.11. The average molecular weight is 362 g/mol. The van der Waals surface area contributed by atoms with Crippen molar-refractivity contribution in [3.05, 3.63) is 35.9 Å². The maximum Gasteiger partial charge on any atom is 0.163 e. The number of halogens is 1. The third-order valence-corrected chi connectivity index (χ3v) is 6.52. The third kappa shape index (κ3) is 1.81. The van der Waals surface area contributed by atoms with Crippen molar-refractivity contribution >= 4 is 22.6 Å². The highest BCUT2D eigenvalue weighted by molar-refractivity contribution is 6.33. The number of nitrogens with zero attached hydrogens (tertiary/aromatic N) is 3. The first-order valence-electron chi connectivity index (χ1n) is 8.51. The lowest BCUT2D eigenvalue weighted by atomic mass is 9.57. The van der Waals surface area contributed by atoms with E-state index in [1.54, 1.807) is 0 Å². The van der Waals surface area contributed by atoms with Gasteiger partial charge in [-0.1, -0.05) is 23.8 Å². The normalized spacial score (nSPS) is 38.6. The topological polar surface area (TPSA) is 69.4 Å². The molecule has 0 unspecified atom stereocenters. The minimum absolute atomic E-state index is 0.00731. The van der Waals surface area contributed by atoms with Crippen molar-refractivity contribution in [2.45, 2.75) is 44.3 Å². The van der Waals surface area contributed by atoms with Crippen LogP contribution in [0.2, 0.25) is 5.15 Å². The Bertz CT molecular complexity index is 895. The molecular weight excluding hydrogens is 342 g/mol. The molecule has 0 bridgehead atoms. The van der Waals surface area contributed by atoms with E-state index in [-0.39, 0.29) is 30.8 Å². The van der Waals surface area contributed by atoms with Crippen LogP contribution in [0.1, 0.15) is 26.3 Å². The molecule has 132 valence electrons. The van der Waals surface area contributed by atoms with Gasteiger partial charge in [0.2, 0.25) is 0 Å². The van der Waals surface area contributed by atoms with Crippen LogP contribution in [0, 0.1) is 11.3 Å². The molecular formula is C18H20ClN3O3. The predicted molar refractivity (Wildman–Crippen MR) is 92.2 cm³/mol. The first kappa shape index (κ1) is 15.8. The number of aromatic nitrogens is 3. The number of hydrogen-bond acceptors (Lipinski definition) is 5. The minimum Gasteiger partial charge on any atom is -0.395 e. The van der Waals surface area contributed by atoms with Crippen LogP contribution in [0.15, 0.2) is 30.7 Å². The van der Waals surface area contributed by atoms with E-state index in [0.29, 0.717) is 5.15 Å². The molecule has 2 aromatic heterocycles. The summed E-state index contributed by atoms with van der Waals surface area (Å²) in [6, 6.07) is 1.94. The summed E-state index contributed by atoms with van der Waals surface area (Å²) in [6.45, 7) is 8.04. The van der Waals surface area contributed by atoms with Gasteiger partial charge in [-0.15, -0.1) is 0 Å². The highest BCUT2D eigenvalue weighted by Crippen LogP contribution is 2.68. The monoisotopic (exact) mass is 361 g/mol. The van der Waals surface area contributed by atoms with Crippen LogP contribution >= 0.6 is 11.6 Å². The largest absolute Gasteiger partial charge is 0.395 e. The summed E-state index contributed by atoms with van der Waals surface area (Å²) in [5, 5.41) is 11.5. The van der Waals surface area contributed by atoms with Gasteiger partial charge >= 0.3 is 0 Å². The molecule has 3 fully saturated rings. The van der Waals surface area contributed by atoms with E-state index in [1.807, 2.05) is 26.1 Å². The van der Waals surface area contributed by atoms with Crippen LogP contribution in [-0.4, -0.2) is 44.2 Å². The standard InChI is InChI=1S/C18H20ClN3O3/c1-9-6-11-12(22-5-4-10-15(19)20-8-21-16(10)22)13-14(18(9,11)7-23)25-17(2,3)24-13/h4-5,8,11-14,23H,1,6-7H2,2-3H3/t11-,12-,13+,14+,18-/m1/s1. The van der Waals surface area contributed by atoms with E-state index in [1.165, 1.54) is 6.33 Å². The summed E-state index contributed by atoms with van der Waals surface area (Å²) in [5.74, 6) is -0.493. The minimum atomic E-state index is -0.688. The van der Waals surface area contributed by atoms with Crippen LogP contribution in [0.3, 0.4) is 0 Å². The molecule has 3 aliphatic rings. The lowest BCUT2D eigenvalue weighted by molar-refractivity contribution is -0.184. The number of aliphatic hydroxyl groups excluding tert-OH is 1. The Labute approximate surface area is 150 Å². The molecule has 2 aromatic rings. The number of hydrogen-bond donors (Lipinski definition) is 1. The number of ether oxygens (including phenoxy) is 2. The van der Waals surface area contributed by atoms with Gasteiger partial charge in [0.05, 0.1) is 18.0 Å². The van der Waals surface area contributed by atoms with E-state index < -0.39 is 11.2 Å². The van der Waals surface area contributed by atoms with Gasteiger partial charge in [-0.2, -0.15) is 0 Å². The lowest BCUT2D eigenvalue weighted by Gasteiger charge is -2.50. The Hall–Kier alpha value is -1.47. The van der Waals surface area contributed by atoms with Crippen LogP contribution in [-0.2, 0) is 9.47 Å². The van der Waals surface area contributed by atoms with Gasteiger partial charge in [0, 0.05) is 17.5 Å². The first-order chi connectivity index (χ1) is 11.9. The molecule has 2 saturated carbocycles. The smallest absolute Gasteiger partial charge is 0.163 e. The van der Waals surface area contributed by atoms with Gasteiger partial charge in [0.15, 0.2) is 5.79 Å². The predicted octanol–water partition coefficient (Wildman–Crippen LogP) is 2.71. The number of aliphatic hydroxyl groups is 1. The molecule has 3 heterocycles. The van der Waals surface area contributed by atoms with Gasteiger partial charge < -0.3 is 19.1 Å². The van der Waals surface area contributed by atoms with Gasteiger partial charge in [-0.3, -0.25) is 0 Å². The van der Waals surface area contributed by atoms with E-state index in [9.17, 15) is 5.11 Å². The second-order valence-electron chi connectivity index (χ2n) is 7.75. The summed E-state index contributed by atoms with van der Waals surface area (Å²) < 4.78 is 14.6. The molecule has 0 spiro atoms. The summed E-state index contributed by atoms with van der Waals surface area (Å²) in [4.78, 5) is 8.49. The fraction of sp³-hybridized carbons (Fsp3) is 0.556. The van der Waals surface area contributed by atoms with E-state index >= 15 is 0 Å². The molecule has 5 rings (SSSR count). The van der Waals surface area contributed by atoms with Crippen LogP contribution in [0.4, 0.5) is 0 Å². The van der Waals surface area contributed by atoms with E-state index in [2.05, 4.69) is 21.1 Å². The molecule has 0 aromatic carbocycles. The summed E-state index contributed by atoms with van der Waals surface area (Å²) in [5.41, 5.74) is 1.38. The molecule has 0 radical (unpaired) electrons. The van der Waals surface area contributed by atoms with Gasteiger partial charge in [-0.25, -0.2) is 9.97 Å². The van der Waals surface area contributed by atoms with Crippen molar-refractivity contribution in [3.63, 3.8) is 0 Å². The molecule has 6 nitrogen and oxygen atoms in total. The molecule has 25 heavy (non-hydrogen) atoms. The van der Waals surface area contributed by atoms with Crippen molar-refractivity contribution in [1.82, 2.24) is 14.5 Å². The Morgan fingerprint density at radius 2 is 2.20 bits per heavy atom. The van der Waals surface area contributed by atoms with Crippen LogP contribution in [0.25, 0.3) is 11.0 Å². The van der Waals surface area contributed by atoms with Crippen molar-refractivity contribution in [2.24, 2.45) is 11.3 Å². The zero-order valence-corrected chi connectivity index (χ0v) is 14.9. The molecule has 1 aliphatic heterocycles. The highest BCUT2D eigenvalue weighted by atomic mass is 35.5. The summed E-state index contributed by atoms with van der Waals surface area (Å²) in [7, 11) is 0. The Balaban J connectivity index is 1.68. The highest BCUT2D eigenvalue weighted by Gasteiger charge is 2.72. The van der Waals surface area contributed by atoms with Gasteiger partial charge in [-0.05, 0) is 26.3 Å². The number of rotatable bonds is 2. The molecule has 5 atom stereocenters. The maximum absolute atomic E-state index is 10.3. The Morgan fingerprint density at radius 3 is 2.92 bits per heavy atom. The second kappa shape index (κ2) is 4.82. The first-order valence-corrected chi connectivity index (χ1v) is 8.88. The third-order valence-electron chi connectivity index (χ3n) is 6.22. The molecule has 2 aliphatic carbocycles. The molecule has 1 N–H and O–H groups in total. The average Bonchev–Trinajstić information content (AvgIpc) is 3.15. The summed E-state index contributed by atoms with van der Waals surface area (Å²) in [6.07, 6.45) is 3.93. The zero-order valence-electron chi connectivity index (χ0n) is 14.1. The van der Waals surface area contributed by atoms with E-state index in [0.717, 1.165) is 23.0 Å². The van der Waals surface area contributed by atoms with Crippen LogP contribution in [0.5, 0.6) is 0 Å².